The second-order valence-corrected chi connectivity index (χ2v) is 4.30. The van der Waals surface area contributed by atoms with E-state index >= 15 is 0 Å². The standard InChI is InChI=1S/C10H20N2/c1-12-7-3-5-10(12)9-4-2-6-11-8-9/h9-11H,2-8H2,1H3/t9-,10-/m1/s1. The first kappa shape index (κ1) is 8.52. The van der Waals surface area contributed by atoms with E-state index in [-0.39, 0.29) is 0 Å². The largest absolute Gasteiger partial charge is 0.316 e. The summed E-state index contributed by atoms with van der Waals surface area (Å²) in [5, 5.41) is 3.51. The fraction of sp³-hybridized carbons (Fsp3) is 1.00. The second kappa shape index (κ2) is 3.75. The number of piperidine rings is 1. The van der Waals surface area contributed by atoms with E-state index in [4.69, 9.17) is 0 Å². The maximum absolute atomic E-state index is 3.51. The van der Waals surface area contributed by atoms with Crippen molar-refractivity contribution in [1.29, 1.82) is 0 Å². The predicted molar refractivity (Wildman–Crippen MR) is 51.2 cm³/mol. The van der Waals surface area contributed by atoms with E-state index in [1.807, 2.05) is 0 Å². The molecule has 1 N–H and O–H groups in total. The Morgan fingerprint density at radius 3 is 2.75 bits per heavy atom. The molecule has 0 aliphatic carbocycles. The van der Waals surface area contributed by atoms with Gasteiger partial charge in [-0.3, -0.25) is 0 Å². The van der Waals surface area contributed by atoms with E-state index in [9.17, 15) is 0 Å². The molecular formula is C10H20N2. The van der Waals surface area contributed by atoms with Crippen LogP contribution in [-0.2, 0) is 0 Å². The third-order valence-electron chi connectivity index (χ3n) is 3.46. The van der Waals surface area contributed by atoms with Gasteiger partial charge in [0.25, 0.3) is 0 Å². The zero-order valence-electron chi connectivity index (χ0n) is 8.05. The molecule has 2 saturated heterocycles. The summed E-state index contributed by atoms with van der Waals surface area (Å²) in [7, 11) is 2.28. The summed E-state index contributed by atoms with van der Waals surface area (Å²) in [6.45, 7) is 3.82. The second-order valence-electron chi connectivity index (χ2n) is 4.30. The van der Waals surface area contributed by atoms with Crippen molar-refractivity contribution in [3.05, 3.63) is 0 Å². The Morgan fingerprint density at radius 2 is 2.17 bits per heavy atom. The Labute approximate surface area is 75.3 Å². The summed E-state index contributed by atoms with van der Waals surface area (Å²) in [6.07, 6.45) is 5.68. The molecule has 2 nitrogen and oxygen atoms in total. The van der Waals surface area contributed by atoms with Gasteiger partial charge < -0.3 is 10.2 Å². The molecule has 2 aliphatic heterocycles. The fourth-order valence-corrected chi connectivity index (χ4v) is 2.74. The number of hydrogen-bond acceptors (Lipinski definition) is 2. The van der Waals surface area contributed by atoms with Crippen molar-refractivity contribution in [2.75, 3.05) is 26.7 Å². The van der Waals surface area contributed by atoms with Crippen LogP contribution in [0.5, 0.6) is 0 Å². The molecule has 0 bridgehead atoms. The van der Waals surface area contributed by atoms with Crippen molar-refractivity contribution in [1.82, 2.24) is 10.2 Å². The van der Waals surface area contributed by atoms with Gasteiger partial charge in [0.2, 0.25) is 0 Å². The van der Waals surface area contributed by atoms with Crippen molar-refractivity contribution in [3.63, 3.8) is 0 Å². The average molecular weight is 168 g/mol. The van der Waals surface area contributed by atoms with Crippen LogP contribution in [0.15, 0.2) is 0 Å². The van der Waals surface area contributed by atoms with Gasteiger partial charge in [-0.2, -0.15) is 0 Å². The number of hydrogen-bond donors (Lipinski definition) is 1. The van der Waals surface area contributed by atoms with Crippen molar-refractivity contribution in [2.24, 2.45) is 5.92 Å². The van der Waals surface area contributed by atoms with Crippen LogP contribution in [0.2, 0.25) is 0 Å². The molecule has 2 fully saturated rings. The van der Waals surface area contributed by atoms with Crippen molar-refractivity contribution in [3.8, 4) is 0 Å². The first-order valence-electron chi connectivity index (χ1n) is 5.29. The number of likely N-dealkylation sites (tertiary alicyclic amines) is 1. The molecule has 0 aromatic rings. The summed E-state index contributed by atoms with van der Waals surface area (Å²) in [5.74, 6) is 0.936. The third-order valence-corrected chi connectivity index (χ3v) is 3.46. The lowest BCUT2D eigenvalue weighted by molar-refractivity contribution is 0.195. The zero-order valence-corrected chi connectivity index (χ0v) is 8.05. The minimum Gasteiger partial charge on any atom is -0.316 e. The first-order chi connectivity index (χ1) is 5.88. The van der Waals surface area contributed by atoms with Crippen LogP contribution < -0.4 is 5.32 Å². The smallest absolute Gasteiger partial charge is 0.0133 e. The van der Waals surface area contributed by atoms with E-state index in [0.29, 0.717) is 0 Å². The van der Waals surface area contributed by atoms with Crippen molar-refractivity contribution >= 4 is 0 Å². The Morgan fingerprint density at radius 1 is 1.25 bits per heavy atom. The van der Waals surface area contributed by atoms with Gasteiger partial charge in [0.05, 0.1) is 0 Å². The lowest BCUT2D eigenvalue weighted by Crippen LogP contribution is -2.41. The normalized spacial score (nSPS) is 38.8. The molecule has 0 amide bonds. The van der Waals surface area contributed by atoms with Gasteiger partial charge in [0, 0.05) is 6.04 Å². The Bertz CT molecular complexity index is 141. The van der Waals surface area contributed by atoms with Crippen LogP contribution in [0.25, 0.3) is 0 Å². The van der Waals surface area contributed by atoms with Gasteiger partial charge >= 0.3 is 0 Å². The lowest BCUT2D eigenvalue weighted by atomic mass is 9.90. The van der Waals surface area contributed by atoms with Crippen LogP contribution in [0.4, 0.5) is 0 Å². The van der Waals surface area contributed by atoms with Crippen molar-refractivity contribution < 1.29 is 0 Å². The highest BCUT2D eigenvalue weighted by Crippen LogP contribution is 2.26. The highest BCUT2D eigenvalue weighted by atomic mass is 15.2. The van der Waals surface area contributed by atoms with Gasteiger partial charge in [0.1, 0.15) is 0 Å². The summed E-state index contributed by atoms with van der Waals surface area (Å²) in [4.78, 5) is 2.55. The van der Waals surface area contributed by atoms with Crippen LogP contribution in [0.3, 0.4) is 0 Å². The number of nitrogens with zero attached hydrogens (tertiary/aromatic N) is 1. The molecule has 2 heteroatoms. The average Bonchev–Trinajstić information content (AvgIpc) is 2.53. The molecule has 2 aliphatic rings. The Hall–Kier alpha value is -0.0800. The Kier molecular flexibility index (Phi) is 2.66. The summed E-state index contributed by atoms with van der Waals surface area (Å²) < 4.78 is 0. The quantitative estimate of drug-likeness (QED) is 0.630. The monoisotopic (exact) mass is 168 g/mol. The number of nitrogens with one attached hydrogen (secondary N) is 1. The molecule has 0 aromatic carbocycles. The van der Waals surface area contributed by atoms with Gasteiger partial charge in [-0.15, -0.1) is 0 Å². The molecule has 2 heterocycles. The molecule has 70 valence electrons. The Balaban J connectivity index is 1.89. The lowest BCUT2D eigenvalue weighted by Gasteiger charge is -2.32. The molecule has 0 spiro atoms. The van der Waals surface area contributed by atoms with Gasteiger partial charge in [0.15, 0.2) is 0 Å². The molecule has 0 aromatic heterocycles. The summed E-state index contributed by atoms with van der Waals surface area (Å²) in [5.41, 5.74) is 0. The molecule has 0 saturated carbocycles. The topological polar surface area (TPSA) is 15.3 Å². The molecular weight excluding hydrogens is 148 g/mol. The van der Waals surface area contributed by atoms with E-state index in [0.717, 1.165) is 12.0 Å². The molecule has 0 unspecified atom stereocenters. The van der Waals surface area contributed by atoms with Crippen LogP contribution >= 0.6 is 0 Å². The maximum atomic E-state index is 3.51. The molecule has 2 atom stereocenters. The minimum absolute atomic E-state index is 0.887. The molecule has 2 rings (SSSR count). The van der Waals surface area contributed by atoms with Gasteiger partial charge in [-0.25, -0.2) is 0 Å². The highest BCUT2D eigenvalue weighted by Gasteiger charge is 2.29. The summed E-state index contributed by atoms with van der Waals surface area (Å²) >= 11 is 0. The third kappa shape index (κ3) is 1.64. The van der Waals surface area contributed by atoms with Gasteiger partial charge in [-0.05, 0) is 58.3 Å². The molecule has 0 radical (unpaired) electrons. The maximum Gasteiger partial charge on any atom is 0.0133 e. The first-order valence-corrected chi connectivity index (χ1v) is 5.29. The van der Waals surface area contributed by atoms with Gasteiger partial charge in [-0.1, -0.05) is 0 Å². The SMILES string of the molecule is CN1CCC[C@@H]1[C@@H]1CCCNC1. The van der Waals surface area contributed by atoms with Crippen molar-refractivity contribution in [2.45, 2.75) is 31.7 Å². The number of rotatable bonds is 1. The van der Waals surface area contributed by atoms with E-state index < -0.39 is 0 Å². The van der Waals surface area contributed by atoms with Crippen LogP contribution in [0, 0.1) is 5.92 Å². The summed E-state index contributed by atoms with van der Waals surface area (Å²) in [6, 6.07) is 0.887. The zero-order chi connectivity index (χ0) is 8.39. The molecule has 12 heavy (non-hydrogen) atoms. The van der Waals surface area contributed by atoms with E-state index in [2.05, 4.69) is 17.3 Å². The predicted octanol–water partition coefficient (Wildman–Crippen LogP) is 1.08. The van der Waals surface area contributed by atoms with E-state index in [1.165, 1.54) is 45.3 Å². The van der Waals surface area contributed by atoms with E-state index in [1.54, 1.807) is 0 Å². The van der Waals surface area contributed by atoms with Crippen LogP contribution in [0.1, 0.15) is 25.7 Å². The fourth-order valence-electron chi connectivity index (χ4n) is 2.74. The van der Waals surface area contributed by atoms with Crippen LogP contribution in [-0.4, -0.2) is 37.6 Å². The highest BCUT2D eigenvalue weighted by molar-refractivity contribution is 4.86. The minimum atomic E-state index is 0.887.